The summed E-state index contributed by atoms with van der Waals surface area (Å²) < 4.78 is 54.6. The lowest BCUT2D eigenvalue weighted by Gasteiger charge is -2.12. The largest absolute Gasteiger partial charge is 0.490 e. The molecule has 174 valence electrons. The van der Waals surface area contributed by atoms with Gasteiger partial charge >= 0.3 is 16.1 Å². The van der Waals surface area contributed by atoms with Crippen LogP contribution in [-0.2, 0) is 19.6 Å². The molecule has 0 spiro atoms. The lowest BCUT2D eigenvalue weighted by Crippen LogP contribution is -2.11. The van der Waals surface area contributed by atoms with Crippen LogP contribution < -0.4 is 8.92 Å². The third-order valence-corrected chi connectivity index (χ3v) is 6.04. The average Bonchev–Trinajstić information content (AvgIpc) is 3.16. The van der Waals surface area contributed by atoms with E-state index in [1.165, 1.54) is 54.6 Å². The second kappa shape index (κ2) is 9.48. The summed E-state index contributed by atoms with van der Waals surface area (Å²) in [6, 6.07) is 16.2. The molecule has 34 heavy (non-hydrogen) atoms. The molecule has 3 aromatic carbocycles. The summed E-state index contributed by atoms with van der Waals surface area (Å²) in [7, 11) is -4.07. The zero-order valence-electron chi connectivity index (χ0n) is 18.3. The number of aliphatic imine (C=N–C) groups is 1. The van der Waals surface area contributed by atoms with Crippen molar-refractivity contribution < 1.29 is 31.3 Å². The number of carbonyl (C=O) groups is 1. The first kappa shape index (κ1) is 23.2. The maximum absolute atomic E-state index is 13.1. The van der Waals surface area contributed by atoms with Gasteiger partial charge in [0.2, 0.25) is 5.90 Å². The SMILES string of the molecule is CCOc1cc(C=C2N=C(c3ccc(F)cc3)OC2=O)ccc1OS(=O)(=O)c1ccc(C)cc1. The first-order valence-electron chi connectivity index (χ1n) is 10.3. The van der Waals surface area contributed by atoms with Crippen LogP contribution in [-0.4, -0.2) is 26.9 Å². The van der Waals surface area contributed by atoms with Crippen molar-refractivity contribution in [3.8, 4) is 11.5 Å². The standard InChI is InChI=1S/C25H20FNO6S/c1-3-31-23-15-17(6-13-22(23)33-34(29,30)20-11-4-16(2)5-12-20)14-21-25(28)32-24(27-21)18-7-9-19(26)10-8-18/h4-15H,3H2,1-2H3. The fourth-order valence-corrected chi connectivity index (χ4v) is 4.05. The van der Waals surface area contributed by atoms with Crippen molar-refractivity contribution in [2.45, 2.75) is 18.7 Å². The summed E-state index contributed by atoms with van der Waals surface area (Å²) in [6.07, 6.45) is 1.47. The smallest absolute Gasteiger partial charge is 0.363 e. The number of carbonyl (C=O) groups excluding carboxylic acids is 1. The molecule has 4 rings (SSSR count). The molecule has 0 aromatic heterocycles. The lowest BCUT2D eigenvalue weighted by molar-refractivity contribution is -0.129. The number of aryl methyl sites for hydroxylation is 1. The van der Waals surface area contributed by atoms with E-state index < -0.39 is 21.9 Å². The van der Waals surface area contributed by atoms with E-state index in [4.69, 9.17) is 13.7 Å². The first-order valence-corrected chi connectivity index (χ1v) is 11.7. The molecule has 0 unspecified atom stereocenters. The van der Waals surface area contributed by atoms with Gasteiger partial charge in [-0.1, -0.05) is 23.8 Å². The van der Waals surface area contributed by atoms with Gasteiger partial charge in [0, 0.05) is 5.56 Å². The van der Waals surface area contributed by atoms with Crippen molar-refractivity contribution in [1.29, 1.82) is 0 Å². The van der Waals surface area contributed by atoms with Gasteiger partial charge in [-0.3, -0.25) is 0 Å². The summed E-state index contributed by atoms with van der Waals surface area (Å²) in [5.74, 6) is -0.833. The van der Waals surface area contributed by atoms with Crippen molar-refractivity contribution in [3.05, 3.63) is 94.9 Å². The molecule has 0 saturated carbocycles. The van der Waals surface area contributed by atoms with Gasteiger partial charge in [-0.15, -0.1) is 0 Å². The molecule has 7 nitrogen and oxygen atoms in total. The van der Waals surface area contributed by atoms with Crippen LogP contribution >= 0.6 is 0 Å². The maximum atomic E-state index is 13.1. The van der Waals surface area contributed by atoms with Gasteiger partial charge in [0.1, 0.15) is 10.7 Å². The molecule has 9 heteroatoms. The normalized spacial score (nSPS) is 14.6. The second-order valence-electron chi connectivity index (χ2n) is 7.33. The number of rotatable bonds is 7. The van der Waals surface area contributed by atoms with Gasteiger partial charge in [-0.2, -0.15) is 8.42 Å². The topological polar surface area (TPSA) is 91.3 Å². The highest BCUT2D eigenvalue weighted by atomic mass is 32.2. The van der Waals surface area contributed by atoms with Crippen molar-refractivity contribution in [3.63, 3.8) is 0 Å². The van der Waals surface area contributed by atoms with Crippen molar-refractivity contribution in [1.82, 2.24) is 0 Å². The molecule has 3 aromatic rings. The Balaban J connectivity index is 1.62. The summed E-state index contributed by atoms with van der Waals surface area (Å²) in [6.45, 7) is 3.86. The monoisotopic (exact) mass is 481 g/mol. The molecule has 0 aliphatic carbocycles. The number of halogens is 1. The molecule has 1 aliphatic rings. The first-order chi connectivity index (χ1) is 16.2. The van der Waals surface area contributed by atoms with Crippen molar-refractivity contribution >= 4 is 28.1 Å². The van der Waals surface area contributed by atoms with E-state index >= 15 is 0 Å². The van der Waals surface area contributed by atoms with Gasteiger partial charge in [-0.05, 0) is 74.0 Å². The van der Waals surface area contributed by atoms with Gasteiger partial charge in [-0.25, -0.2) is 14.2 Å². The van der Waals surface area contributed by atoms with E-state index in [9.17, 15) is 17.6 Å². The second-order valence-corrected chi connectivity index (χ2v) is 8.88. The van der Waals surface area contributed by atoms with Crippen LogP contribution in [0.15, 0.2) is 82.3 Å². The van der Waals surface area contributed by atoms with Crippen LogP contribution in [0.2, 0.25) is 0 Å². The van der Waals surface area contributed by atoms with Crippen molar-refractivity contribution in [2.75, 3.05) is 6.61 Å². The van der Waals surface area contributed by atoms with Gasteiger partial charge < -0.3 is 13.7 Å². The van der Waals surface area contributed by atoms with Gasteiger partial charge in [0.25, 0.3) is 0 Å². The highest BCUT2D eigenvalue weighted by Crippen LogP contribution is 2.32. The number of esters is 1. The number of ether oxygens (including phenoxy) is 2. The number of hydrogen-bond acceptors (Lipinski definition) is 7. The van der Waals surface area contributed by atoms with Gasteiger partial charge in [0.15, 0.2) is 17.2 Å². The lowest BCUT2D eigenvalue weighted by atomic mass is 10.1. The fraction of sp³-hybridized carbons (Fsp3) is 0.120. The Morgan fingerprint density at radius 3 is 2.38 bits per heavy atom. The minimum atomic E-state index is -4.07. The zero-order valence-corrected chi connectivity index (χ0v) is 19.1. The van der Waals surface area contributed by atoms with E-state index in [1.54, 1.807) is 25.1 Å². The van der Waals surface area contributed by atoms with E-state index in [1.807, 2.05) is 6.92 Å². The van der Waals surface area contributed by atoms with E-state index in [0.29, 0.717) is 11.1 Å². The highest BCUT2D eigenvalue weighted by Gasteiger charge is 2.25. The molecular weight excluding hydrogens is 461 g/mol. The molecule has 0 amide bonds. The number of hydrogen-bond donors (Lipinski definition) is 0. The maximum Gasteiger partial charge on any atom is 0.363 e. The summed E-state index contributed by atoms with van der Waals surface area (Å²) >= 11 is 0. The Bertz CT molecular complexity index is 1390. The number of nitrogens with zero attached hydrogens (tertiary/aromatic N) is 1. The van der Waals surface area contributed by atoms with E-state index in [2.05, 4.69) is 4.99 Å². The zero-order chi connectivity index (χ0) is 24.3. The molecule has 1 heterocycles. The highest BCUT2D eigenvalue weighted by molar-refractivity contribution is 7.87. The third kappa shape index (κ3) is 5.15. The molecule has 0 bridgehead atoms. The van der Waals surface area contributed by atoms with Crippen LogP contribution in [0.5, 0.6) is 11.5 Å². The van der Waals surface area contributed by atoms with Crippen LogP contribution in [0.1, 0.15) is 23.6 Å². The van der Waals surface area contributed by atoms with Crippen LogP contribution in [0.25, 0.3) is 6.08 Å². The molecular formula is C25H20FNO6S. The van der Waals surface area contributed by atoms with Crippen LogP contribution in [0, 0.1) is 12.7 Å². The van der Waals surface area contributed by atoms with E-state index in [0.717, 1.165) is 5.56 Å². The van der Waals surface area contributed by atoms with Crippen LogP contribution in [0.3, 0.4) is 0 Å². The average molecular weight is 482 g/mol. The summed E-state index contributed by atoms with van der Waals surface area (Å²) in [4.78, 5) is 16.5. The Morgan fingerprint density at radius 2 is 1.71 bits per heavy atom. The predicted molar refractivity (Wildman–Crippen MR) is 124 cm³/mol. The quantitative estimate of drug-likeness (QED) is 0.277. The molecule has 0 N–H and O–H groups in total. The van der Waals surface area contributed by atoms with Gasteiger partial charge in [0.05, 0.1) is 6.61 Å². The molecule has 0 atom stereocenters. The molecule has 0 radical (unpaired) electrons. The summed E-state index contributed by atoms with van der Waals surface area (Å²) in [5.41, 5.74) is 1.92. The number of cyclic esters (lactones) is 1. The van der Waals surface area contributed by atoms with Crippen LogP contribution in [0.4, 0.5) is 4.39 Å². The van der Waals surface area contributed by atoms with E-state index in [-0.39, 0.29) is 34.6 Å². The minimum absolute atomic E-state index is 0.00840. The fourth-order valence-electron chi connectivity index (χ4n) is 3.11. The Kier molecular flexibility index (Phi) is 6.47. The van der Waals surface area contributed by atoms with Crippen molar-refractivity contribution in [2.24, 2.45) is 4.99 Å². The third-order valence-electron chi connectivity index (χ3n) is 4.79. The Labute approximate surface area is 196 Å². The molecule has 0 fully saturated rings. The summed E-state index contributed by atoms with van der Waals surface area (Å²) in [5, 5.41) is 0. The Hall–Kier alpha value is -3.98. The Morgan fingerprint density at radius 1 is 1.00 bits per heavy atom. The molecule has 0 saturated heterocycles. The minimum Gasteiger partial charge on any atom is -0.490 e. The number of benzene rings is 3. The molecule has 1 aliphatic heterocycles. The predicted octanol–water partition coefficient (Wildman–Crippen LogP) is 4.65.